The van der Waals surface area contributed by atoms with Crippen LogP contribution in [0.15, 0.2) is 36.4 Å². The normalized spacial score (nSPS) is 10.9. The van der Waals surface area contributed by atoms with Gasteiger partial charge in [0.05, 0.1) is 15.8 Å². The smallest absolute Gasteiger partial charge is 0.256 e. The molecule has 0 aliphatic heterocycles. The van der Waals surface area contributed by atoms with Crippen molar-refractivity contribution in [3.8, 4) is 18.1 Å². The molecule has 0 aliphatic carbocycles. The number of hydrogen-bond acceptors (Lipinski definition) is 5. The topological polar surface area (TPSA) is 95.7 Å². The summed E-state index contributed by atoms with van der Waals surface area (Å²) in [7, 11) is 0. The molecule has 3 rings (SSSR count). The van der Waals surface area contributed by atoms with Gasteiger partial charge in [0, 0.05) is 17.5 Å². The van der Waals surface area contributed by atoms with Crippen LogP contribution in [0.4, 0.5) is 5.00 Å². The van der Waals surface area contributed by atoms with E-state index in [9.17, 15) is 14.7 Å². The zero-order chi connectivity index (χ0) is 22.5. The highest BCUT2D eigenvalue weighted by molar-refractivity contribution is 7.23. The quantitative estimate of drug-likeness (QED) is 0.463. The van der Waals surface area contributed by atoms with E-state index in [-0.39, 0.29) is 22.8 Å². The Hall–Kier alpha value is -3.34. The van der Waals surface area contributed by atoms with Gasteiger partial charge in [-0.25, -0.2) is 0 Å². The van der Waals surface area contributed by atoms with Crippen molar-refractivity contribution in [3.05, 3.63) is 58.7 Å². The van der Waals surface area contributed by atoms with Crippen LogP contribution in [0, 0.1) is 12.3 Å². The van der Waals surface area contributed by atoms with Crippen LogP contribution in [0.1, 0.15) is 52.1 Å². The Morgan fingerprint density at radius 2 is 1.90 bits per heavy atom. The van der Waals surface area contributed by atoms with Crippen LogP contribution >= 0.6 is 11.3 Å². The molecule has 0 saturated carbocycles. The first-order valence-corrected chi connectivity index (χ1v) is 10.9. The van der Waals surface area contributed by atoms with Crippen LogP contribution in [0.2, 0.25) is 0 Å². The molecule has 0 spiro atoms. The Labute approximate surface area is 185 Å². The van der Waals surface area contributed by atoms with Gasteiger partial charge in [-0.1, -0.05) is 31.9 Å². The molecule has 160 valence electrons. The fraction of sp³-hybridized carbons (Fsp3) is 0.250. The Morgan fingerprint density at radius 1 is 1.19 bits per heavy atom. The molecule has 0 atom stereocenters. The van der Waals surface area contributed by atoms with E-state index in [0.717, 1.165) is 43.0 Å². The van der Waals surface area contributed by atoms with Gasteiger partial charge < -0.3 is 16.2 Å². The molecule has 0 unspecified atom stereocenters. The molecule has 2 aromatic carbocycles. The van der Waals surface area contributed by atoms with Gasteiger partial charge in [0.15, 0.2) is 0 Å². The number of benzene rings is 2. The highest BCUT2D eigenvalue weighted by Crippen LogP contribution is 2.40. The van der Waals surface area contributed by atoms with Gasteiger partial charge in [-0.3, -0.25) is 14.5 Å². The molecular formula is C24H25N3O3S. The second-order valence-corrected chi connectivity index (χ2v) is 8.19. The molecule has 4 N–H and O–H groups in total. The number of phenols is 1. The zero-order valence-corrected chi connectivity index (χ0v) is 18.4. The lowest BCUT2D eigenvalue weighted by Crippen LogP contribution is -2.23. The van der Waals surface area contributed by atoms with E-state index in [2.05, 4.69) is 30.0 Å². The molecule has 0 bridgehead atoms. The van der Waals surface area contributed by atoms with E-state index in [0.29, 0.717) is 20.7 Å². The summed E-state index contributed by atoms with van der Waals surface area (Å²) in [5, 5.41) is 13.6. The number of terminal acetylenes is 1. The monoisotopic (exact) mass is 435 g/mol. The Balaban J connectivity index is 1.87. The van der Waals surface area contributed by atoms with E-state index in [1.54, 1.807) is 18.2 Å². The highest BCUT2D eigenvalue weighted by Gasteiger charge is 2.22. The van der Waals surface area contributed by atoms with Crippen molar-refractivity contribution < 1.29 is 14.7 Å². The third-order valence-corrected chi connectivity index (χ3v) is 6.20. The summed E-state index contributed by atoms with van der Waals surface area (Å²) in [6.45, 7) is 7.10. The lowest BCUT2D eigenvalue weighted by molar-refractivity contribution is 0.100. The van der Waals surface area contributed by atoms with Gasteiger partial charge in [0.2, 0.25) is 0 Å². The number of carbonyl (C=O) groups excluding carboxylic acids is 2. The molecule has 0 fully saturated rings. The molecule has 7 heteroatoms. The summed E-state index contributed by atoms with van der Waals surface area (Å²) in [6.07, 6.45) is 6.60. The van der Waals surface area contributed by atoms with Gasteiger partial charge in [-0.2, -0.15) is 0 Å². The van der Waals surface area contributed by atoms with E-state index in [1.165, 1.54) is 6.07 Å². The number of nitrogens with two attached hydrogens (primary N) is 1. The van der Waals surface area contributed by atoms with Gasteiger partial charge in [-0.05, 0) is 49.3 Å². The number of rotatable bonds is 8. The first kappa shape index (κ1) is 22.3. The number of phenolic OH excluding ortho intramolecular Hbond substituents is 1. The predicted octanol–water partition coefficient (Wildman–Crippen LogP) is 4.17. The molecule has 31 heavy (non-hydrogen) atoms. The number of hydrogen-bond donors (Lipinski definition) is 3. The van der Waals surface area contributed by atoms with Crippen molar-refractivity contribution in [2.24, 2.45) is 5.73 Å². The molecule has 0 radical (unpaired) electrons. The Kier molecular flexibility index (Phi) is 6.95. The Bertz CT molecular complexity index is 1160. The third kappa shape index (κ3) is 4.71. The summed E-state index contributed by atoms with van der Waals surface area (Å²) >= 11 is 1.12. The van der Waals surface area contributed by atoms with Crippen molar-refractivity contribution >= 4 is 38.2 Å². The van der Waals surface area contributed by atoms with Crippen molar-refractivity contribution in [1.82, 2.24) is 4.90 Å². The van der Waals surface area contributed by atoms with Gasteiger partial charge >= 0.3 is 0 Å². The van der Waals surface area contributed by atoms with Crippen LogP contribution in [0.5, 0.6) is 5.75 Å². The molecule has 2 amide bonds. The second-order valence-electron chi connectivity index (χ2n) is 7.17. The van der Waals surface area contributed by atoms with E-state index >= 15 is 0 Å². The largest absolute Gasteiger partial charge is 0.507 e. The highest BCUT2D eigenvalue weighted by atomic mass is 32.1. The summed E-state index contributed by atoms with van der Waals surface area (Å²) in [6, 6.07) is 10.4. The summed E-state index contributed by atoms with van der Waals surface area (Å²) < 4.78 is 0.525. The molecule has 6 nitrogen and oxygen atoms in total. The SMILES string of the molecule is C#Cc1c(O)ccc2c(C(N)=O)c(NC(=O)c3ccc(CN(CC)CCC)cc3)sc12. The summed E-state index contributed by atoms with van der Waals surface area (Å²) in [5.41, 5.74) is 7.61. The number of nitrogens with zero attached hydrogens (tertiary/aromatic N) is 1. The molecule has 0 saturated heterocycles. The third-order valence-electron chi connectivity index (χ3n) is 5.06. The number of amides is 2. The van der Waals surface area contributed by atoms with E-state index < -0.39 is 5.91 Å². The van der Waals surface area contributed by atoms with Crippen LogP contribution in [-0.4, -0.2) is 34.9 Å². The van der Waals surface area contributed by atoms with E-state index in [4.69, 9.17) is 12.2 Å². The second kappa shape index (κ2) is 9.65. The number of thiophene rings is 1. The zero-order valence-electron chi connectivity index (χ0n) is 17.6. The van der Waals surface area contributed by atoms with Gasteiger partial charge in [-0.15, -0.1) is 17.8 Å². The minimum atomic E-state index is -0.679. The number of anilines is 1. The number of carbonyl (C=O) groups is 2. The average molecular weight is 436 g/mol. The molecule has 3 aromatic rings. The number of aromatic hydroxyl groups is 1. The lowest BCUT2D eigenvalue weighted by Gasteiger charge is -2.19. The minimum absolute atomic E-state index is 0.0649. The van der Waals surface area contributed by atoms with Crippen LogP contribution < -0.4 is 11.1 Å². The van der Waals surface area contributed by atoms with Gasteiger partial charge in [0.1, 0.15) is 10.8 Å². The molecule has 1 heterocycles. The molecule has 1 aromatic heterocycles. The number of fused-ring (bicyclic) bond motifs is 1. The number of primary amides is 1. The lowest BCUT2D eigenvalue weighted by atomic mass is 10.1. The summed E-state index contributed by atoms with van der Waals surface area (Å²) in [4.78, 5) is 27.2. The average Bonchev–Trinajstić information content (AvgIpc) is 3.11. The summed E-state index contributed by atoms with van der Waals surface area (Å²) in [5.74, 6) is 1.33. The maximum absolute atomic E-state index is 12.8. The predicted molar refractivity (Wildman–Crippen MR) is 126 cm³/mol. The maximum Gasteiger partial charge on any atom is 0.256 e. The molecule has 0 aliphatic rings. The van der Waals surface area contributed by atoms with Gasteiger partial charge in [0.25, 0.3) is 11.8 Å². The first-order chi connectivity index (χ1) is 14.9. The van der Waals surface area contributed by atoms with Crippen LogP contribution in [0.25, 0.3) is 10.1 Å². The van der Waals surface area contributed by atoms with Crippen LogP contribution in [0.3, 0.4) is 0 Å². The minimum Gasteiger partial charge on any atom is -0.507 e. The first-order valence-electron chi connectivity index (χ1n) is 10.1. The molecular weight excluding hydrogens is 410 g/mol. The standard InChI is InChI=1S/C24H25N3O3S/c1-4-13-27(6-3)14-15-7-9-16(10-8-15)23(30)26-24-20(22(25)29)18-11-12-19(28)17(5-2)21(18)31-24/h2,7-12,28H,4,6,13-14H2,1,3H3,(H2,25,29)(H,26,30). The van der Waals surface area contributed by atoms with Crippen molar-refractivity contribution in [2.75, 3.05) is 18.4 Å². The van der Waals surface area contributed by atoms with Crippen LogP contribution in [-0.2, 0) is 6.54 Å². The van der Waals surface area contributed by atoms with Crippen molar-refractivity contribution in [2.45, 2.75) is 26.8 Å². The fourth-order valence-electron chi connectivity index (χ4n) is 3.48. The maximum atomic E-state index is 12.8. The fourth-order valence-corrected chi connectivity index (χ4v) is 4.69. The van der Waals surface area contributed by atoms with Crippen molar-refractivity contribution in [3.63, 3.8) is 0 Å². The Morgan fingerprint density at radius 3 is 2.48 bits per heavy atom. The number of nitrogens with one attached hydrogen (secondary N) is 1. The van der Waals surface area contributed by atoms with Crippen molar-refractivity contribution in [1.29, 1.82) is 0 Å². The van der Waals surface area contributed by atoms with E-state index in [1.807, 2.05) is 12.1 Å².